The highest BCUT2D eigenvalue weighted by molar-refractivity contribution is 5.82. The Labute approximate surface area is 87.0 Å². The van der Waals surface area contributed by atoms with Crippen LogP contribution in [-0.2, 0) is 4.79 Å². The Morgan fingerprint density at radius 1 is 1.57 bits per heavy atom. The van der Waals surface area contributed by atoms with Crippen molar-refractivity contribution in [3.8, 4) is 0 Å². The first-order valence-corrected chi connectivity index (χ1v) is 5.47. The van der Waals surface area contributed by atoms with Crippen LogP contribution in [0.15, 0.2) is 12.2 Å². The SMILES string of the molecule is C/C=C/CNC(=O)C1CCCN1.CC. The standard InChI is InChI=1S/C9H16N2O.C2H6/c1-2-3-6-11-9(12)8-5-4-7-10-8;1-2/h2-3,8,10H,4-7H2,1H3,(H,11,12);1-2H3/b3-2+;. The van der Waals surface area contributed by atoms with Crippen LogP contribution in [0.25, 0.3) is 0 Å². The van der Waals surface area contributed by atoms with Crippen LogP contribution in [-0.4, -0.2) is 25.0 Å². The molecule has 0 aromatic rings. The quantitative estimate of drug-likeness (QED) is 0.674. The molecule has 0 spiro atoms. The summed E-state index contributed by atoms with van der Waals surface area (Å²) in [4.78, 5) is 11.3. The minimum atomic E-state index is 0.0512. The second kappa shape index (κ2) is 8.75. The van der Waals surface area contributed by atoms with Gasteiger partial charge in [-0.2, -0.15) is 0 Å². The molecule has 1 aliphatic heterocycles. The van der Waals surface area contributed by atoms with Gasteiger partial charge in [0.1, 0.15) is 0 Å². The van der Waals surface area contributed by atoms with Gasteiger partial charge in [0.15, 0.2) is 0 Å². The van der Waals surface area contributed by atoms with E-state index in [0.29, 0.717) is 6.54 Å². The summed E-state index contributed by atoms with van der Waals surface area (Å²) in [5.74, 6) is 0.130. The summed E-state index contributed by atoms with van der Waals surface area (Å²) in [6.07, 6.45) is 5.96. The van der Waals surface area contributed by atoms with Crippen LogP contribution in [0.5, 0.6) is 0 Å². The molecule has 1 rings (SSSR count). The van der Waals surface area contributed by atoms with E-state index in [1.165, 1.54) is 0 Å². The zero-order valence-corrected chi connectivity index (χ0v) is 9.47. The Bertz CT molecular complexity index is 172. The van der Waals surface area contributed by atoms with Gasteiger partial charge in [-0.25, -0.2) is 0 Å². The van der Waals surface area contributed by atoms with E-state index in [4.69, 9.17) is 0 Å². The molecule has 82 valence electrons. The van der Waals surface area contributed by atoms with E-state index in [1.54, 1.807) is 0 Å². The van der Waals surface area contributed by atoms with Crippen molar-refractivity contribution in [3.05, 3.63) is 12.2 Å². The molecule has 0 saturated carbocycles. The normalized spacial score (nSPS) is 20.4. The van der Waals surface area contributed by atoms with E-state index < -0.39 is 0 Å². The number of nitrogens with one attached hydrogen (secondary N) is 2. The molecule has 1 amide bonds. The van der Waals surface area contributed by atoms with Crippen molar-refractivity contribution in [1.82, 2.24) is 10.6 Å². The van der Waals surface area contributed by atoms with Crippen LogP contribution >= 0.6 is 0 Å². The summed E-state index contributed by atoms with van der Waals surface area (Å²) in [6.45, 7) is 7.56. The first-order valence-electron chi connectivity index (χ1n) is 5.47. The average molecular weight is 198 g/mol. The van der Waals surface area contributed by atoms with Gasteiger partial charge in [-0.1, -0.05) is 26.0 Å². The lowest BCUT2D eigenvalue weighted by Gasteiger charge is -2.08. The van der Waals surface area contributed by atoms with Crippen LogP contribution < -0.4 is 10.6 Å². The van der Waals surface area contributed by atoms with Gasteiger partial charge in [0, 0.05) is 6.54 Å². The smallest absolute Gasteiger partial charge is 0.237 e. The zero-order chi connectivity index (χ0) is 10.8. The molecule has 0 aliphatic carbocycles. The molecule has 3 heteroatoms. The Kier molecular flexibility index (Phi) is 8.24. The summed E-state index contributed by atoms with van der Waals surface area (Å²) in [5.41, 5.74) is 0. The zero-order valence-electron chi connectivity index (χ0n) is 9.47. The number of allylic oxidation sites excluding steroid dienone is 1. The summed E-state index contributed by atoms with van der Waals surface area (Å²) in [7, 11) is 0. The summed E-state index contributed by atoms with van der Waals surface area (Å²) >= 11 is 0. The van der Waals surface area contributed by atoms with Crippen molar-refractivity contribution in [2.75, 3.05) is 13.1 Å². The number of hydrogen-bond donors (Lipinski definition) is 2. The third-order valence-electron chi connectivity index (χ3n) is 2.01. The predicted octanol–water partition coefficient (Wildman–Crippen LogP) is 1.46. The van der Waals surface area contributed by atoms with Gasteiger partial charge >= 0.3 is 0 Å². The number of rotatable bonds is 3. The Morgan fingerprint density at radius 3 is 2.79 bits per heavy atom. The number of carbonyl (C=O) groups is 1. The van der Waals surface area contributed by atoms with Crippen molar-refractivity contribution in [3.63, 3.8) is 0 Å². The Morgan fingerprint density at radius 2 is 2.29 bits per heavy atom. The molecule has 0 bridgehead atoms. The maximum atomic E-state index is 11.3. The highest BCUT2D eigenvalue weighted by Crippen LogP contribution is 2.03. The van der Waals surface area contributed by atoms with E-state index in [-0.39, 0.29) is 11.9 Å². The first-order chi connectivity index (χ1) is 6.84. The molecule has 1 unspecified atom stereocenters. The Hall–Kier alpha value is -0.830. The summed E-state index contributed by atoms with van der Waals surface area (Å²) < 4.78 is 0. The average Bonchev–Trinajstić information content (AvgIpc) is 2.74. The number of carbonyl (C=O) groups excluding carboxylic acids is 1. The number of hydrogen-bond acceptors (Lipinski definition) is 2. The van der Waals surface area contributed by atoms with E-state index in [2.05, 4.69) is 10.6 Å². The van der Waals surface area contributed by atoms with Crippen LogP contribution in [0.4, 0.5) is 0 Å². The number of amides is 1. The van der Waals surface area contributed by atoms with E-state index in [9.17, 15) is 4.79 Å². The first kappa shape index (κ1) is 13.2. The summed E-state index contributed by atoms with van der Waals surface area (Å²) in [5, 5.41) is 5.98. The van der Waals surface area contributed by atoms with Gasteiger partial charge in [-0.15, -0.1) is 0 Å². The Balaban J connectivity index is 0.000000791. The molecule has 14 heavy (non-hydrogen) atoms. The lowest BCUT2D eigenvalue weighted by molar-refractivity contribution is -0.122. The van der Waals surface area contributed by atoms with Gasteiger partial charge in [-0.3, -0.25) is 4.79 Å². The highest BCUT2D eigenvalue weighted by Gasteiger charge is 2.20. The van der Waals surface area contributed by atoms with Crippen LogP contribution in [0, 0.1) is 0 Å². The molecule has 0 aromatic carbocycles. The fraction of sp³-hybridized carbons (Fsp3) is 0.727. The maximum absolute atomic E-state index is 11.3. The van der Waals surface area contributed by atoms with Crippen molar-refractivity contribution in [1.29, 1.82) is 0 Å². The minimum Gasteiger partial charge on any atom is -0.351 e. The maximum Gasteiger partial charge on any atom is 0.237 e. The van der Waals surface area contributed by atoms with Crippen molar-refractivity contribution in [2.45, 2.75) is 39.7 Å². The van der Waals surface area contributed by atoms with Crippen molar-refractivity contribution < 1.29 is 4.79 Å². The van der Waals surface area contributed by atoms with Gasteiger partial charge in [0.2, 0.25) is 5.91 Å². The van der Waals surface area contributed by atoms with Gasteiger partial charge in [0.25, 0.3) is 0 Å². The third-order valence-corrected chi connectivity index (χ3v) is 2.01. The van der Waals surface area contributed by atoms with Gasteiger partial charge in [0.05, 0.1) is 6.04 Å². The predicted molar refractivity (Wildman–Crippen MR) is 60.2 cm³/mol. The minimum absolute atomic E-state index is 0.0512. The fourth-order valence-electron chi connectivity index (χ4n) is 1.31. The van der Waals surface area contributed by atoms with Crippen LogP contribution in [0.2, 0.25) is 0 Å². The monoisotopic (exact) mass is 198 g/mol. The molecule has 0 aromatic heterocycles. The molecular formula is C11H22N2O. The van der Waals surface area contributed by atoms with E-state index >= 15 is 0 Å². The van der Waals surface area contributed by atoms with Crippen LogP contribution in [0.1, 0.15) is 33.6 Å². The van der Waals surface area contributed by atoms with Crippen LogP contribution in [0.3, 0.4) is 0 Å². The molecule has 0 radical (unpaired) electrons. The van der Waals surface area contributed by atoms with Gasteiger partial charge < -0.3 is 10.6 Å². The molecule has 2 N–H and O–H groups in total. The van der Waals surface area contributed by atoms with E-state index in [0.717, 1.165) is 19.4 Å². The van der Waals surface area contributed by atoms with Gasteiger partial charge in [-0.05, 0) is 26.3 Å². The third kappa shape index (κ3) is 5.02. The molecule has 1 atom stereocenters. The second-order valence-corrected chi connectivity index (χ2v) is 2.96. The second-order valence-electron chi connectivity index (χ2n) is 2.96. The molecule has 1 fully saturated rings. The van der Waals surface area contributed by atoms with Crippen molar-refractivity contribution >= 4 is 5.91 Å². The highest BCUT2D eigenvalue weighted by atomic mass is 16.2. The largest absolute Gasteiger partial charge is 0.351 e. The van der Waals surface area contributed by atoms with Crippen molar-refractivity contribution in [2.24, 2.45) is 0 Å². The molecule has 1 heterocycles. The fourth-order valence-corrected chi connectivity index (χ4v) is 1.31. The molecule has 3 nitrogen and oxygen atoms in total. The summed E-state index contributed by atoms with van der Waals surface area (Å²) in [6, 6.07) is 0.0512. The molecular weight excluding hydrogens is 176 g/mol. The lowest BCUT2D eigenvalue weighted by Crippen LogP contribution is -2.40. The molecule has 1 aliphatic rings. The van der Waals surface area contributed by atoms with E-state index in [1.807, 2.05) is 32.9 Å². The topological polar surface area (TPSA) is 41.1 Å². The molecule has 1 saturated heterocycles. The lowest BCUT2D eigenvalue weighted by atomic mass is 10.2.